The van der Waals surface area contributed by atoms with Gasteiger partial charge in [0.1, 0.15) is 11.6 Å². The van der Waals surface area contributed by atoms with Gasteiger partial charge in [0.05, 0.1) is 16.4 Å². The maximum atomic E-state index is 13.6. The van der Waals surface area contributed by atoms with Gasteiger partial charge in [0.25, 0.3) is 0 Å². The van der Waals surface area contributed by atoms with Crippen LogP contribution in [-0.2, 0) is 6.54 Å². The van der Waals surface area contributed by atoms with Crippen LogP contribution < -0.4 is 0 Å². The number of aromatic nitrogens is 2. The van der Waals surface area contributed by atoms with Crippen LogP contribution in [0.3, 0.4) is 0 Å². The maximum Gasteiger partial charge on any atom is 0.128 e. The van der Waals surface area contributed by atoms with E-state index in [1.54, 1.807) is 6.92 Å². The molecule has 1 aromatic heterocycles. The number of halogens is 2. The van der Waals surface area contributed by atoms with Crippen molar-refractivity contribution in [3.63, 3.8) is 0 Å². The summed E-state index contributed by atoms with van der Waals surface area (Å²) in [5.41, 5.74) is 2.37. The second-order valence-electron chi connectivity index (χ2n) is 5.56. The first-order valence-electron chi connectivity index (χ1n) is 6.86. The lowest BCUT2D eigenvalue weighted by molar-refractivity contribution is 0.585. The second kappa shape index (κ2) is 4.78. The van der Waals surface area contributed by atoms with Gasteiger partial charge in [-0.1, -0.05) is 12.8 Å². The lowest BCUT2D eigenvalue weighted by Crippen LogP contribution is -2.05. The van der Waals surface area contributed by atoms with Crippen LogP contribution in [-0.4, -0.2) is 9.55 Å². The van der Waals surface area contributed by atoms with Gasteiger partial charge in [-0.15, -0.1) is 11.6 Å². The Hall–Kier alpha value is -1.09. The summed E-state index contributed by atoms with van der Waals surface area (Å²) >= 11 is 6.21. The Labute approximate surface area is 117 Å². The van der Waals surface area contributed by atoms with E-state index in [4.69, 9.17) is 11.6 Å². The molecule has 1 heterocycles. The quantitative estimate of drug-likeness (QED) is 0.749. The monoisotopic (exact) mass is 280 g/mol. The molecule has 0 N–H and O–H groups in total. The molecule has 4 heteroatoms. The molecule has 0 radical (unpaired) electrons. The van der Waals surface area contributed by atoms with E-state index in [-0.39, 0.29) is 11.2 Å². The highest BCUT2D eigenvalue weighted by Gasteiger charge is 2.23. The van der Waals surface area contributed by atoms with Crippen molar-refractivity contribution in [2.24, 2.45) is 5.92 Å². The predicted octanol–water partition coefficient (Wildman–Crippen LogP) is 4.58. The van der Waals surface area contributed by atoms with Crippen LogP contribution in [0, 0.1) is 18.7 Å². The number of fused-ring (bicyclic) bond motifs is 1. The first-order valence-corrected chi connectivity index (χ1v) is 7.30. The number of aryl methyl sites for hydroxylation is 2. The summed E-state index contributed by atoms with van der Waals surface area (Å²) in [5, 5.41) is -0.157. The average Bonchev–Trinajstić information content (AvgIpc) is 3.11. The zero-order valence-corrected chi connectivity index (χ0v) is 12.0. The van der Waals surface area contributed by atoms with Crippen molar-refractivity contribution in [3.8, 4) is 0 Å². The molecule has 3 rings (SSSR count). The molecule has 1 atom stereocenters. The lowest BCUT2D eigenvalue weighted by Gasteiger charge is -2.10. The minimum atomic E-state index is -0.201. The van der Waals surface area contributed by atoms with Crippen molar-refractivity contribution < 1.29 is 4.39 Å². The summed E-state index contributed by atoms with van der Waals surface area (Å²) < 4.78 is 15.8. The Kier molecular flexibility index (Phi) is 3.25. The molecular formula is C15H18ClFN2. The Morgan fingerprint density at radius 1 is 1.47 bits per heavy atom. The Morgan fingerprint density at radius 2 is 2.21 bits per heavy atom. The molecule has 19 heavy (non-hydrogen) atoms. The van der Waals surface area contributed by atoms with E-state index in [1.165, 1.54) is 25.3 Å². The van der Waals surface area contributed by atoms with Crippen molar-refractivity contribution in [3.05, 3.63) is 29.3 Å². The fraction of sp³-hybridized carbons (Fsp3) is 0.533. The first kappa shape index (κ1) is 12.9. The maximum absolute atomic E-state index is 13.6. The van der Waals surface area contributed by atoms with Crippen LogP contribution in [0.25, 0.3) is 11.0 Å². The van der Waals surface area contributed by atoms with Crippen molar-refractivity contribution in [2.75, 3.05) is 0 Å². The van der Waals surface area contributed by atoms with E-state index in [9.17, 15) is 4.39 Å². The SMILES string of the molecule is Cc1cc2c(cc1F)nc(C(C)Cl)n2CCC1CC1. The molecule has 1 fully saturated rings. The zero-order valence-electron chi connectivity index (χ0n) is 11.3. The van der Waals surface area contributed by atoms with Crippen LogP contribution in [0.2, 0.25) is 0 Å². The van der Waals surface area contributed by atoms with Gasteiger partial charge in [-0.05, 0) is 37.8 Å². The molecular weight excluding hydrogens is 263 g/mol. The van der Waals surface area contributed by atoms with E-state index >= 15 is 0 Å². The van der Waals surface area contributed by atoms with Crippen LogP contribution in [0.5, 0.6) is 0 Å². The predicted molar refractivity (Wildman–Crippen MR) is 76.0 cm³/mol. The Morgan fingerprint density at radius 3 is 2.84 bits per heavy atom. The van der Waals surface area contributed by atoms with Gasteiger partial charge in [0.2, 0.25) is 0 Å². The molecule has 0 spiro atoms. The Bertz CT molecular complexity index is 614. The van der Waals surface area contributed by atoms with E-state index in [2.05, 4.69) is 9.55 Å². The summed E-state index contributed by atoms with van der Waals surface area (Å²) in [6.45, 7) is 4.63. The number of imidazole rings is 1. The number of alkyl halides is 1. The van der Waals surface area contributed by atoms with Gasteiger partial charge in [0.15, 0.2) is 0 Å². The van der Waals surface area contributed by atoms with Crippen molar-refractivity contribution in [1.29, 1.82) is 0 Å². The highest BCUT2D eigenvalue weighted by Crippen LogP contribution is 2.34. The molecule has 1 saturated carbocycles. The minimum absolute atomic E-state index is 0.157. The molecule has 0 aliphatic heterocycles. The fourth-order valence-electron chi connectivity index (χ4n) is 2.53. The van der Waals surface area contributed by atoms with Gasteiger partial charge in [0, 0.05) is 12.6 Å². The second-order valence-corrected chi connectivity index (χ2v) is 6.21. The van der Waals surface area contributed by atoms with E-state index in [1.807, 2.05) is 13.0 Å². The van der Waals surface area contributed by atoms with Crippen LogP contribution >= 0.6 is 11.6 Å². The summed E-state index contributed by atoms with van der Waals surface area (Å²) in [7, 11) is 0. The standard InChI is InChI=1S/C15H18ClFN2/c1-9-7-14-13(8-12(9)17)18-15(10(2)16)19(14)6-5-11-3-4-11/h7-8,10-11H,3-6H2,1-2H3. The van der Waals surface area contributed by atoms with Gasteiger partial charge in [-0.3, -0.25) is 0 Å². The summed E-state index contributed by atoms with van der Waals surface area (Å²) in [6.07, 6.45) is 3.84. The molecule has 0 amide bonds. The van der Waals surface area contributed by atoms with E-state index < -0.39 is 0 Å². The van der Waals surface area contributed by atoms with Crippen molar-refractivity contribution >= 4 is 22.6 Å². The highest BCUT2D eigenvalue weighted by molar-refractivity contribution is 6.20. The normalized spacial score (nSPS) is 17.1. The molecule has 1 aromatic carbocycles. The van der Waals surface area contributed by atoms with Crippen molar-refractivity contribution in [1.82, 2.24) is 9.55 Å². The number of benzene rings is 1. The lowest BCUT2D eigenvalue weighted by atomic mass is 10.2. The number of hydrogen-bond donors (Lipinski definition) is 0. The molecule has 0 saturated heterocycles. The molecule has 0 bridgehead atoms. The van der Waals surface area contributed by atoms with Crippen molar-refractivity contribution in [2.45, 2.75) is 45.0 Å². The average molecular weight is 281 g/mol. The van der Waals surface area contributed by atoms with E-state index in [0.29, 0.717) is 11.1 Å². The number of nitrogens with zero attached hydrogens (tertiary/aromatic N) is 2. The van der Waals surface area contributed by atoms with Crippen LogP contribution in [0.4, 0.5) is 4.39 Å². The fourth-order valence-corrected chi connectivity index (χ4v) is 2.69. The Balaban J connectivity index is 2.07. The summed E-state index contributed by atoms with van der Waals surface area (Å²) in [6, 6.07) is 3.40. The highest BCUT2D eigenvalue weighted by atomic mass is 35.5. The molecule has 1 aliphatic carbocycles. The number of hydrogen-bond acceptors (Lipinski definition) is 1. The molecule has 1 aliphatic rings. The van der Waals surface area contributed by atoms with Gasteiger partial charge < -0.3 is 4.57 Å². The molecule has 2 aromatic rings. The van der Waals surface area contributed by atoms with Gasteiger partial charge in [-0.25, -0.2) is 9.37 Å². The smallest absolute Gasteiger partial charge is 0.128 e. The third-order valence-electron chi connectivity index (χ3n) is 3.87. The van der Waals surface area contributed by atoms with E-state index in [0.717, 1.165) is 23.8 Å². The number of rotatable bonds is 4. The third-order valence-corrected chi connectivity index (χ3v) is 4.07. The zero-order chi connectivity index (χ0) is 13.6. The minimum Gasteiger partial charge on any atom is -0.327 e. The van der Waals surface area contributed by atoms with Gasteiger partial charge >= 0.3 is 0 Å². The van der Waals surface area contributed by atoms with Crippen LogP contribution in [0.15, 0.2) is 12.1 Å². The van der Waals surface area contributed by atoms with Gasteiger partial charge in [-0.2, -0.15) is 0 Å². The molecule has 102 valence electrons. The summed E-state index contributed by atoms with van der Waals surface area (Å²) in [5.74, 6) is 1.51. The molecule has 1 unspecified atom stereocenters. The van der Waals surface area contributed by atoms with Crippen LogP contribution in [0.1, 0.15) is 43.0 Å². The summed E-state index contributed by atoms with van der Waals surface area (Å²) in [4.78, 5) is 4.50. The third kappa shape index (κ3) is 2.48. The topological polar surface area (TPSA) is 17.8 Å². The first-order chi connectivity index (χ1) is 9.06. The molecule has 2 nitrogen and oxygen atoms in total. The largest absolute Gasteiger partial charge is 0.327 e.